The summed E-state index contributed by atoms with van der Waals surface area (Å²) >= 11 is 0. The van der Waals surface area contributed by atoms with E-state index in [4.69, 9.17) is 9.72 Å². The molecular formula is C25H22N8O. The zero-order chi connectivity index (χ0) is 22.7. The van der Waals surface area contributed by atoms with Crippen LogP contribution in [0.2, 0.25) is 0 Å². The van der Waals surface area contributed by atoms with E-state index >= 15 is 0 Å². The molecule has 1 aliphatic rings. The van der Waals surface area contributed by atoms with Crippen LogP contribution in [0, 0.1) is 0 Å². The summed E-state index contributed by atoms with van der Waals surface area (Å²) < 4.78 is 7.18. The zero-order valence-electron chi connectivity index (χ0n) is 18.4. The van der Waals surface area contributed by atoms with Gasteiger partial charge in [-0.2, -0.15) is 4.98 Å². The molecule has 3 aromatic heterocycles. The maximum atomic E-state index is 5.40. The number of morpholine rings is 1. The normalized spacial score (nSPS) is 13.8. The molecule has 168 valence electrons. The predicted octanol–water partition coefficient (Wildman–Crippen LogP) is 3.85. The molecule has 9 nitrogen and oxygen atoms in total. The molecule has 1 N–H and O–H groups in total. The fourth-order valence-electron chi connectivity index (χ4n) is 3.89. The van der Waals surface area contributed by atoms with Crippen molar-refractivity contribution in [3.63, 3.8) is 0 Å². The van der Waals surface area contributed by atoms with Crippen molar-refractivity contribution in [3.8, 4) is 16.9 Å². The first-order chi connectivity index (χ1) is 16.8. The van der Waals surface area contributed by atoms with Gasteiger partial charge in [0.25, 0.3) is 0 Å². The second-order valence-electron chi connectivity index (χ2n) is 7.94. The van der Waals surface area contributed by atoms with E-state index in [1.807, 2.05) is 66.9 Å². The van der Waals surface area contributed by atoms with Crippen molar-refractivity contribution in [3.05, 3.63) is 79.4 Å². The standard InChI is InChI=1S/C25H22N8O/c1-2-10-26-22(3-1)18-4-5-19-16-27-24(30-23(19)15-18)29-20-6-8-21(9-7-20)33-17-28-25(31-33)32-11-13-34-14-12-32/h1-10,15-17H,11-14H2,(H,27,29,30). The predicted molar refractivity (Wildman–Crippen MR) is 130 cm³/mol. The Labute approximate surface area is 196 Å². The molecule has 34 heavy (non-hydrogen) atoms. The summed E-state index contributed by atoms with van der Waals surface area (Å²) in [4.78, 5) is 20.2. The summed E-state index contributed by atoms with van der Waals surface area (Å²) in [5, 5.41) is 8.87. The first kappa shape index (κ1) is 20.3. The molecule has 4 heterocycles. The maximum absolute atomic E-state index is 5.40. The number of rotatable bonds is 5. The van der Waals surface area contributed by atoms with Gasteiger partial charge in [0.15, 0.2) is 0 Å². The first-order valence-electron chi connectivity index (χ1n) is 11.1. The average Bonchev–Trinajstić information content (AvgIpc) is 3.40. The molecule has 1 saturated heterocycles. The van der Waals surface area contributed by atoms with Gasteiger partial charge in [0.1, 0.15) is 6.33 Å². The van der Waals surface area contributed by atoms with Gasteiger partial charge in [-0.15, -0.1) is 5.10 Å². The largest absolute Gasteiger partial charge is 0.378 e. The summed E-state index contributed by atoms with van der Waals surface area (Å²) in [5.41, 5.74) is 4.61. The number of pyridine rings is 1. The van der Waals surface area contributed by atoms with Gasteiger partial charge in [-0.1, -0.05) is 18.2 Å². The maximum Gasteiger partial charge on any atom is 0.245 e. The fraction of sp³-hybridized carbons (Fsp3) is 0.160. The van der Waals surface area contributed by atoms with Crippen LogP contribution in [0.4, 0.5) is 17.6 Å². The molecule has 0 spiro atoms. The topological polar surface area (TPSA) is 93.9 Å². The Balaban J connectivity index is 1.19. The monoisotopic (exact) mass is 450 g/mol. The molecule has 2 aromatic carbocycles. The van der Waals surface area contributed by atoms with E-state index in [9.17, 15) is 0 Å². The Morgan fingerprint density at radius 2 is 1.76 bits per heavy atom. The van der Waals surface area contributed by atoms with Gasteiger partial charge in [-0.05, 0) is 42.5 Å². The first-order valence-corrected chi connectivity index (χ1v) is 11.1. The Kier molecular flexibility index (Phi) is 5.29. The fourth-order valence-corrected chi connectivity index (χ4v) is 3.89. The quantitative estimate of drug-likeness (QED) is 0.432. The lowest BCUT2D eigenvalue weighted by Gasteiger charge is -2.25. The van der Waals surface area contributed by atoms with Gasteiger partial charge >= 0.3 is 0 Å². The smallest absolute Gasteiger partial charge is 0.245 e. The van der Waals surface area contributed by atoms with E-state index in [1.54, 1.807) is 17.2 Å². The van der Waals surface area contributed by atoms with Crippen LogP contribution in [0.15, 0.2) is 79.4 Å². The molecule has 0 unspecified atom stereocenters. The number of aromatic nitrogens is 6. The van der Waals surface area contributed by atoms with Crippen LogP contribution in [0.25, 0.3) is 27.8 Å². The Hall–Kier alpha value is -4.37. The third kappa shape index (κ3) is 4.16. The average molecular weight is 451 g/mol. The summed E-state index contributed by atoms with van der Waals surface area (Å²) in [6, 6.07) is 19.9. The Morgan fingerprint density at radius 1 is 0.882 bits per heavy atom. The molecule has 6 rings (SSSR count). The van der Waals surface area contributed by atoms with E-state index in [0.717, 1.165) is 52.6 Å². The van der Waals surface area contributed by atoms with Gasteiger partial charge in [0.05, 0.1) is 30.1 Å². The highest BCUT2D eigenvalue weighted by Crippen LogP contribution is 2.23. The van der Waals surface area contributed by atoms with Crippen molar-refractivity contribution < 1.29 is 4.74 Å². The van der Waals surface area contributed by atoms with Gasteiger partial charge in [-0.25, -0.2) is 14.6 Å². The third-order valence-corrected chi connectivity index (χ3v) is 5.71. The third-order valence-electron chi connectivity index (χ3n) is 5.71. The molecule has 0 amide bonds. The van der Waals surface area contributed by atoms with E-state index in [-0.39, 0.29) is 0 Å². The minimum atomic E-state index is 0.536. The lowest BCUT2D eigenvalue weighted by atomic mass is 10.1. The van der Waals surface area contributed by atoms with Crippen LogP contribution >= 0.6 is 0 Å². The van der Waals surface area contributed by atoms with Crippen molar-refractivity contribution in [2.75, 3.05) is 36.5 Å². The van der Waals surface area contributed by atoms with Gasteiger partial charge < -0.3 is 15.0 Å². The molecule has 9 heteroatoms. The van der Waals surface area contributed by atoms with E-state index < -0.39 is 0 Å². The summed E-state index contributed by atoms with van der Waals surface area (Å²) in [6.45, 7) is 3.02. The number of hydrogen-bond acceptors (Lipinski definition) is 8. The number of nitrogens with one attached hydrogen (secondary N) is 1. The lowest BCUT2D eigenvalue weighted by Crippen LogP contribution is -2.37. The highest BCUT2D eigenvalue weighted by Gasteiger charge is 2.15. The summed E-state index contributed by atoms with van der Waals surface area (Å²) in [7, 11) is 0. The van der Waals surface area contributed by atoms with Crippen molar-refractivity contribution >= 4 is 28.5 Å². The van der Waals surface area contributed by atoms with Crippen LogP contribution < -0.4 is 10.2 Å². The molecule has 0 aliphatic carbocycles. The van der Waals surface area contributed by atoms with Crippen LogP contribution in [0.3, 0.4) is 0 Å². The zero-order valence-corrected chi connectivity index (χ0v) is 18.4. The molecule has 0 bridgehead atoms. The van der Waals surface area contributed by atoms with Crippen LogP contribution in [0.1, 0.15) is 0 Å². The highest BCUT2D eigenvalue weighted by molar-refractivity contribution is 5.84. The van der Waals surface area contributed by atoms with Crippen molar-refractivity contribution in [1.82, 2.24) is 29.7 Å². The summed E-state index contributed by atoms with van der Waals surface area (Å²) in [5.74, 6) is 1.26. The number of ether oxygens (including phenoxy) is 1. The highest BCUT2D eigenvalue weighted by atomic mass is 16.5. The van der Waals surface area contributed by atoms with Crippen LogP contribution in [-0.4, -0.2) is 56.0 Å². The number of anilines is 3. The number of fused-ring (bicyclic) bond motifs is 1. The van der Waals surface area contributed by atoms with E-state index in [1.165, 1.54) is 0 Å². The van der Waals surface area contributed by atoms with Gasteiger partial charge in [0, 0.05) is 42.1 Å². The second-order valence-corrected chi connectivity index (χ2v) is 7.94. The molecule has 1 fully saturated rings. The molecule has 0 atom stereocenters. The SMILES string of the molecule is c1ccc(-c2ccc3cnc(Nc4ccc(-n5cnc(N6CCOCC6)n5)cc4)nc3c2)nc1. The summed E-state index contributed by atoms with van der Waals surface area (Å²) in [6.07, 6.45) is 5.35. The minimum absolute atomic E-state index is 0.536. The van der Waals surface area contributed by atoms with Gasteiger partial charge in [-0.3, -0.25) is 4.98 Å². The van der Waals surface area contributed by atoms with Crippen molar-refractivity contribution in [2.24, 2.45) is 0 Å². The molecule has 0 radical (unpaired) electrons. The number of benzene rings is 2. The molecular weight excluding hydrogens is 428 g/mol. The Bertz CT molecular complexity index is 1410. The van der Waals surface area contributed by atoms with Crippen LogP contribution in [-0.2, 0) is 4.74 Å². The minimum Gasteiger partial charge on any atom is -0.378 e. The lowest BCUT2D eigenvalue weighted by molar-refractivity contribution is 0.122. The number of hydrogen-bond donors (Lipinski definition) is 1. The van der Waals surface area contributed by atoms with Crippen LogP contribution in [0.5, 0.6) is 0 Å². The Morgan fingerprint density at radius 3 is 2.59 bits per heavy atom. The van der Waals surface area contributed by atoms with E-state index in [0.29, 0.717) is 19.2 Å². The number of nitrogens with zero attached hydrogens (tertiary/aromatic N) is 7. The van der Waals surface area contributed by atoms with Crippen molar-refractivity contribution in [1.29, 1.82) is 0 Å². The molecule has 0 saturated carbocycles. The molecule has 1 aliphatic heterocycles. The van der Waals surface area contributed by atoms with Crippen molar-refractivity contribution in [2.45, 2.75) is 0 Å². The second kappa shape index (κ2) is 8.87. The van der Waals surface area contributed by atoms with E-state index in [2.05, 4.69) is 30.3 Å². The molecule has 5 aromatic rings. The van der Waals surface area contributed by atoms with Gasteiger partial charge in [0.2, 0.25) is 11.9 Å².